The van der Waals surface area contributed by atoms with E-state index in [4.69, 9.17) is 10.4 Å². The number of aromatic nitrogens is 5. The Hall–Kier alpha value is -2.54. The monoisotopic (exact) mass is 410 g/mol. The van der Waals surface area contributed by atoms with Crippen molar-refractivity contribution in [2.24, 2.45) is 13.0 Å². The van der Waals surface area contributed by atoms with E-state index in [0.29, 0.717) is 11.6 Å². The summed E-state index contributed by atoms with van der Waals surface area (Å²) >= 11 is 1.72. The first-order valence-electron chi connectivity index (χ1n) is 10.1. The van der Waals surface area contributed by atoms with Gasteiger partial charge in [0.2, 0.25) is 0 Å². The Morgan fingerprint density at radius 2 is 1.86 bits per heavy atom. The number of nitrogens with zero attached hydrogens (tertiary/aromatic N) is 4. The predicted octanol–water partition coefficient (Wildman–Crippen LogP) is 5.72. The van der Waals surface area contributed by atoms with Crippen LogP contribution in [0.15, 0.2) is 12.4 Å². The summed E-state index contributed by atoms with van der Waals surface area (Å²) in [5.41, 5.74) is 6.15. The third kappa shape index (κ3) is 3.96. The van der Waals surface area contributed by atoms with Crippen LogP contribution < -0.4 is 0 Å². The average Bonchev–Trinajstić information content (AvgIpc) is 3.34. The molecule has 3 aromatic heterocycles. The van der Waals surface area contributed by atoms with Crippen LogP contribution in [0.2, 0.25) is 0 Å². The van der Waals surface area contributed by atoms with Gasteiger partial charge < -0.3 is 10.4 Å². The van der Waals surface area contributed by atoms with E-state index in [2.05, 4.69) is 49.7 Å². The standard InChI is InChI=1S/C22H30N6S/c1-8-16(9-2)17(10-12(3)23)21-26-15(6)18(27-21)19-13(4)14(5)20(29-19)22-24-11-25-28(22)7/h10-11,16,23H,8-9H2,1-7H3,(H,26,27)/b17-10-,23-12?. The molecule has 3 heterocycles. The summed E-state index contributed by atoms with van der Waals surface area (Å²) in [6.07, 6.45) is 5.60. The van der Waals surface area contributed by atoms with Gasteiger partial charge in [0.05, 0.1) is 9.75 Å². The molecule has 0 amide bonds. The Bertz CT molecular complexity index is 1060. The second-order valence-electron chi connectivity index (χ2n) is 7.57. The molecule has 0 aliphatic heterocycles. The van der Waals surface area contributed by atoms with E-state index in [1.165, 1.54) is 11.1 Å². The van der Waals surface area contributed by atoms with Gasteiger partial charge in [-0.15, -0.1) is 11.3 Å². The minimum atomic E-state index is 0.383. The maximum Gasteiger partial charge on any atom is 0.168 e. The lowest BCUT2D eigenvalue weighted by Crippen LogP contribution is -2.04. The van der Waals surface area contributed by atoms with Crippen LogP contribution in [-0.4, -0.2) is 30.4 Å². The molecule has 0 aromatic carbocycles. The Balaban J connectivity index is 2.12. The number of thiophene rings is 1. The smallest absolute Gasteiger partial charge is 0.168 e. The second-order valence-corrected chi connectivity index (χ2v) is 8.59. The first kappa shape index (κ1) is 21.2. The Kier molecular flexibility index (Phi) is 6.17. The van der Waals surface area contributed by atoms with Crippen molar-refractivity contribution in [3.63, 3.8) is 0 Å². The van der Waals surface area contributed by atoms with Crippen LogP contribution >= 0.6 is 11.3 Å². The lowest BCUT2D eigenvalue weighted by Gasteiger charge is -2.15. The van der Waals surface area contributed by atoms with Gasteiger partial charge in [0.15, 0.2) is 5.82 Å². The second kappa shape index (κ2) is 8.45. The van der Waals surface area contributed by atoms with E-state index >= 15 is 0 Å². The number of H-pyrrole nitrogens is 1. The molecule has 0 spiro atoms. The van der Waals surface area contributed by atoms with Crippen molar-refractivity contribution in [2.75, 3.05) is 0 Å². The normalized spacial score (nSPS) is 12.2. The van der Waals surface area contributed by atoms with Crippen LogP contribution in [0.4, 0.5) is 0 Å². The zero-order valence-corrected chi connectivity index (χ0v) is 19.2. The number of nitrogens with one attached hydrogen (secondary N) is 2. The fraction of sp³-hybridized carbons (Fsp3) is 0.455. The fourth-order valence-corrected chi connectivity index (χ4v) is 5.08. The number of hydrogen-bond acceptors (Lipinski definition) is 5. The molecular formula is C22H30N6S. The largest absolute Gasteiger partial charge is 0.342 e. The van der Waals surface area contributed by atoms with Crippen molar-refractivity contribution in [2.45, 2.75) is 54.4 Å². The summed E-state index contributed by atoms with van der Waals surface area (Å²) in [4.78, 5) is 15.2. The maximum atomic E-state index is 7.98. The molecule has 7 heteroatoms. The minimum Gasteiger partial charge on any atom is -0.342 e. The van der Waals surface area contributed by atoms with E-state index in [1.54, 1.807) is 17.7 Å². The van der Waals surface area contributed by atoms with Gasteiger partial charge in [0, 0.05) is 18.5 Å². The minimum absolute atomic E-state index is 0.383. The molecular weight excluding hydrogens is 380 g/mol. The van der Waals surface area contributed by atoms with E-state index < -0.39 is 0 Å². The van der Waals surface area contributed by atoms with E-state index in [1.807, 2.05) is 24.7 Å². The van der Waals surface area contributed by atoms with Crippen molar-refractivity contribution in [1.82, 2.24) is 24.7 Å². The SMILES string of the molecule is CCC(CC)/C(=C/C(C)=N)c1nc(-c2sc(-c3ncnn3C)c(C)c2C)c(C)[nH]1. The van der Waals surface area contributed by atoms with Gasteiger partial charge in [0.1, 0.15) is 17.8 Å². The first-order chi connectivity index (χ1) is 13.8. The highest BCUT2D eigenvalue weighted by Crippen LogP contribution is 2.41. The van der Waals surface area contributed by atoms with Crippen LogP contribution in [0.25, 0.3) is 26.8 Å². The summed E-state index contributed by atoms with van der Waals surface area (Å²) < 4.78 is 1.81. The van der Waals surface area contributed by atoms with Crippen LogP contribution in [0.1, 0.15) is 56.3 Å². The summed E-state index contributed by atoms with van der Waals surface area (Å²) in [5.74, 6) is 2.14. The molecule has 0 bridgehead atoms. The van der Waals surface area contributed by atoms with E-state index in [0.717, 1.165) is 51.2 Å². The molecule has 6 nitrogen and oxygen atoms in total. The summed E-state index contributed by atoms with van der Waals surface area (Å²) in [6.45, 7) is 12.6. The quantitative estimate of drug-likeness (QED) is 0.489. The number of hydrogen-bond donors (Lipinski definition) is 2. The zero-order chi connectivity index (χ0) is 21.3. The van der Waals surface area contributed by atoms with Gasteiger partial charge in [0.25, 0.3) is 0 Å². The van der Waals surface area contributed by atoms with Crippen molar-refractivity contribution >= 4 is 22.6 Å². The van der Waals surface area contributed by atoms with Crippen LogP contribution in [0.3, 0.4) is 0 Å². The first-order valence-corrected chi connectivity index (χ1v) is 10.9. The highest BCUT2D eigenvalue weighted by molar-refractivity contribution is 7.19. The van der Waals surface area contributed by atoms with Gasteiger partial charge in [-0.1, -0.05) is 13.8 Å². The van der Waals surface area contributed by atoms with Gasteiger partial charge >= 0.3 is 0 Å². The van der Waals surface area contributed by atoms with Crippen LogP contribution in [-0.2, 0) is 7.05 Å². The predicted molar refractivity (Wildman–Crippen MR) is 122 cm³/mol. The molecule has 3 rings (SSSR count). The molecule has 0 fully saturated rings. The summed E-state index contributed by atoms with van der Waals surface area (Å²) in [5, 5.41) is 12.2. The van der Waals surface area contributed by atoms with Crippen molar-refractivity contribution in [1.29, 1.82) is 5.41 Å². The van der Waals surface area contributed by atoms with Gasteiger partial charge in [-0.25, -0.2) is 14.6 Å². The molecule has 29 heavy (non-hydrogen) atoms. The molecule has 0 saturated carbocycles. The number of allylic oxidation sites excluding steroid dienone is 2. The molecule has 2 N–H and O–H groups in total. The molecule has 0 unspecified atom stereocenters. The molecule has 0 aliphatic rings. The Morgan fingerprint density at radius 1 is 1.21 bits per heavy atom. The van der Waals surface area contributed by atoms with Crippen LogP contribution in [0, 0.1) is 32.1 Å². The van der Waals surface area contributed by atoms with Crippen molar-refractivity contribution in [3.05, 3.63) is 35.0 Å². The van der Waals surface area contributed by atoms with Crippen LogP contribution in [0.5, 0.6) is 0 Å². The van der Waals surface area contributed by atoms with Gasteiger partial charge in [-0.3, -0.25) is 0 Å². The molecule has 154 valence electrons. The fourth-order valence-electron chi connectivity index (χ4n) is 3.70. The highest BCUT2D eigenvalue weighted by atomic mass is 32.1. The summed E-state index contributed by atoms with van der Waals surface area (Å²) in [7, 11) is 1.92. The lowest BCUT2D eigenvalue weighted by atomic mass is 9.92. The lowest BCUT2D eigenvalue weighted by molar-refractivity contribution is 0.620. The number of imidazole rings is 1. The molecule has 3 aromatic rings. The molecule has 0 saturated heterocycles. The van der Waals surface area contributed by atoms with E-state index in [-0.39, 0.29) is 0 Å². The van der Waals surface area contributed by atoms with Gasteiger partial charge in [-0.2, -0.15) is 5.10 Å². The molecule has 0 atom stereocenters. The number of aryl methyl sites for hydroxylation is 2. The third-order valence-electron chi connectivity index (χ3n) is 5.53. The number of aromatic amines is 1. The topological polar surface area (TPSA) is 83.2 Å². The van der Waals surface area contributed by atoms with E-state index in [9.17, 15) is 0 Å². The summed E-state index contributed by atoms with van der Waals surface area (Å²) in [6, 6.07) is 0. The highest BCUT2D eigenvalue weighted by Gasteiger charge is 2.23. The Labute approximate surface area is 176 Å². The van der Waals surface area contributed by atoms with Crippen molar-refractivity contribution in [3.8, 4) is 21.3 Å². The number of rotatable bonds is 7. The van der Waals surface area contributed by atoms with Crippen molar-refractivity contribution < 1.29 is 0 Å². The maximum absolute atomic E-state index is 7.98. The molecule has 0 aliphatic carbocycles. The molecule has 0 radical (unpaired) electrons. The van der Waals surface area contributed by atoms with Gasteiger partial charge in [-0.05, 0) is 69.2 Å². The zero-order valence-electron chi connectivity index (χ0n) is 18.3. The average molecular weight is 411 g/mol. The third-order valence-corrected chi connectivity index (χ3v) is 6.93. The Morgan fingerprint density at radius 3 is 2.41 bits per heavy atom.